The number of hydrogen-bond acceptors (Lipinski definition) is 3. The zero-order chi connectivity index (χ0) is 12.8. The fraction of sp³-hybridized carbons (Fsp3) is 0.846. The second-order valence-corrected chi connectivity index (χ2v) is 4.85. The lowest BCUT2D eigenvalue weighted by Crippen LogP contribution is -2.36. The first-order chi connectivity index (χ1) is 8.06. The third kappa shape index (κ3) is 4.02. The van der Waals surface area contributed by atoms with Gasteiger partial charge in [-0.2, -0.15) is 0 Å². The van der Waals surface area contributed by atoms with Crippen LogP contribution >= 0.6 is 0 Å². The summed E-state index contributed by atoms with van der Waals surface area (Å²) in [5.41, 5.74) is 0. The van der Waals surface area contributed by atoms with Crippen LogP contribution in [0.15, 0.2) is 0 Å². The van der Waals surface area contributed by atoms with Crippen molar-refractivity contribution in [2.45, 2.75) is 65.0 Å². The van der Waals surface area contributed by atoms with Crippen molar-refractivity contribution in [3.63, 3.8) is 0 Å². The first-order valence-corrected chi connectivity index (χ1v) is 6.56. The Morgan fingerprint density at radius 1 is 1.47 bits per heavy atom. The van der Waals surface area contributed by atoms with Crippen molar-refractivity contribution >= 4 is 11.9 Å². The first-order valence-electron chi connectivity index (χ1n) is 6.56. The largest absolute Gasteiger partial charge is 0.452 e. The van der Waals surface area contributed by atoms with E-state index in [-0.39, 0.29) is 17.9 Å². The van der Waals surface area contributed by atoms with Gasteiger partial charge in [-0.05, 0) is 20.3 Å². The van der Waals surface area contributed by atoms with E-state index >= 15 is 0 Å². The number of esters is 1. The van der Waals surface area contributed by atoms with Gasteiger partial charge in [-0.25, -0.2) is 0 Å². The predicted molar refractivity (Wildman–Crippen MR) is 65.5 cm³/mol. The molecule has 0 radical (unpaired) electrons. The van der Waals surface area contributed by atoms with Gasteiger partial charge in [0.25, 0.3) is 5.91 Å². The summed E-state index contributed by atoms with van der Waals surface area (Å²) in [5.74, 6) is -0.272. The fourth-order valence-electron chi connectivity index (χ4n) is 2.03. The molecule has 0 N–H and O–H groups in total. The average molecular weight is 241 g/mol. The molecule has 98 valence electrons. The number of unbranched alkanes of at least 4 members (excludes halogenated alkanes) is 2. The van der Waals surface area contributed by atoms with Crippen molar-refractivity contribution in [2.75, 3.05) is 6.54 Å². The lowest BCUT2D eigenvalue weighted by atomic mass is 10.2. The second kappa shape index (κ2) is 6.62. The molecule has 17 heavy (non-hydrogen) atoms. The Morgan fingerprint density at radius 2 is 2.18 bits per heavy atom. The molecule has 4 nitrogen and oxygen atoms in total. The van der Waals surface area contributed by atoms with Gasteiger partial charge in [0.1, 0.15) is 0 Å². The lowest BCUT2D eigenvalue weighted by Gasteiger charge is -2.20. The number of ether oxygens (including phenoxy) is 1. The normalized spacial score (nSPS) is 20.1. The molecule has 1 atom stereocenters. The highest BCUT2D eigenvalue weighted by Crippen LogP contribution is 2.18. The Kier molecular flexibility index (Phi) is 5.45. The van der Waals surface area contributed by atoms with Crippen LogP contribution in [0.3, 0.4) is 0 Å². The summed E-state index contributed by atoms with van der Waals surface area (Å²) in [5, 5.41) is 0. The maximum atomic E-state index is 11.9. The second-order valence-electron chi connectivity index (χ2n) is 4.85. The number of carbonyl (C=O) groups excluding carboxylic acids is 2. The number of rotatable bonds is 6. The van der Waals surface area contributed by atoms with Crippen LogP contribution in [0.25, 0.3) is 0 Å². The molecule has 1 rings (SSSR count). The third-order valence-electron chi connectivity index (χ3n) is 3.07. The third-order valence-corrected chi connectivity index (χ3v) is 3.07. The van der Waals surface area contributed by atoms with Crippen LogP contribution < -0.4 is 0 Å². The zero-order valence-corrected chi connectivity index (χ0v) is 11.1. The summed E-state index contributed by atoms with van der Waals surface area (Å²) >= 11 is 0. The molecular weight excluding hydrogens is 218 g/mol. The maximum absolute atomic E-state index is 11.9. The van der Waals surface area contributed by atoms with Crippen molar-refractivity contribution in [2.24, 2.45) is 0 Å². The van der Waals surface area contributed by atoms with Gasteiger partial charge in [0.15, 0.2) is 6.10 Å². The standard InChI is InChI=1S/C13H23NO3/c1-4-5-6-7-12(15)17-11-8-9-14(10(2)3)13(11)16/h10-11H,4-9H2,1-3H3. The number of hydrogen-bond donors (Lipinski definition) is 0. The van der Waals surface area contributed by atoms with Crippen molar-refractivity contribution < 1.29 is 14.3 Å². The van der Waals surface area contributed by atoms with E-state index in [1.165, 1.54) is 0 Å². The van der Waals surface area contributed by atoms with Gasteiger partial charge in [-0.1, -0.05) is 19.8 Å². The van der Waals surface area contributed by atoms with Crippen molar-refractivity contribution in [1.82, 2.24) is 4.90 Å². The maximum Gasteiger partial charge on any atom is 0.306 e. The summed E-state index contributed by atoms with van der Waals surface area (Å²) in [7, 11) is 0. The highest BCUT2D eigenvalue weighted by atomic mass is 16.5. The van der Waals surface area contributed by atoms with Crippen LogP contribution in [0.4, 0.5) is 0 Å². The lowest BCUT2D eigenvalue weighted by molar-refractivity contribution is -0.156. The summed E-state index contributed by atoms with van der Waals surface area (Å²) in [6.07, 6.45) is 3.49. The van der Waals surface area contributed by atoms with Crippen molar-refractivity contribution in [3.8, 4) is 0 Å². The van der Waals surface area contributed by atoms with Gasteiger partial charge in [-0.15, -0.1) is 0 Å². The van der Waals surface area contributed by atoms with Gasteiger partial charge in [0, 0.05) is 25.4 Å². The molecule has 1 aliphatic rings. The van der Waals surface area contributed by atoms with Gasteiger partial charge in [0.05, 0.1) is 0 Å². The van der Waals surface area contributed by atoms with E-state index in [9.17, 15) is 9.59 Å². The molecule has 1 unspecified atom stereocenters. The minimum atomic E-state index is -0.536. The summed E-state index contributed by atoms with van der Waals surface area (Å²) < 4.78 is 5.22. The number of amides is 1. The molecule has 4 heteroatoms. The Hall–Kier alpha value is -1.06. The van der Waals surface area contributed by atoms with E-state index in [1.54, 1.807) is 4.90 Å². The predicted octanol–water partition coefficient (Wildman–Crippen LogP) is 2.12. The van der Waals surface area contributed by atoms with Crippen LogP contribution in [0.1, 0.15) is 52.9 Å². The molecule has 1 saturated heterocycles. The number of likely N-dealkylation sites (tertiary alicyclic amines) is 1. The van der Waals surface area contributed by atoms with Crippen LogP contribution in [0.5, 0.6) is 0 Å². The van der Waals surface area contributed by atoms with E-state index in [0.717, 1.165) is 19.3 Å². The molecule has 1 amide bonds. The smallest absolute Gasteiger partial charge is 0.306 e. The summed E-state index contributed by atoms with van der Waals surface area (Å²) in [6, 6.07) is 0.186. The fourth-order valence-corrected chi connectivity index (χ4v) is 2.03. The van der Waals surface area contributed by atoms with Crippen LogP contribution in [-0.4, -0.2) is 35.5 Å². The molecule has 0 aliphatic carbocycles. The van der Waals surface area contributed by atoms with Gasteiger partial charge in [0.2, 0.25) is 0 Å². The topological polar surface area (TPSA) is 46.6 Å². The van der Waals surface area contributed by atoms with E-state index in [4.69, 9.17) is 4.74 Å². The SMILES string of the molecule is CCCCCC(=O)OC1CCN(C(C)C)C1=O. The van der Waals surface area contributed by atoms with E-state index < -0.39 is 6.10 Å². The molecule has 0 saturated carbocycles. The molecule has 1 aliphatic heterocycles. The highest BCUT2D eigenvalue weighted by molar-refractivity contribution is 5.85. The molecule has 0 spiro atoms. The van der Waals surface area contributed by atoms with Gasteiger partial charge < -0.3 is 9.64 Å². The summed E-state index contributed by atoms with van der Waals surface area (Å²) in [4.78, 5) is 25.1. The van der Waals surface area contributed by atoms with E-state index in [0.29, 0.717) is 19.4 Å². The van der Waals surface area contributed by atoms with Crippen LogP contribution in [0, 0.1) is 0 Å². The summed E-state index contributed by atoms with van der Waals surface area (Å²) in [6.45, 7) is 6.74. The molecule has 0 aromatic heterocycles. The minimum absolute atomic E-state index is 0.0381. The highest BCUT2D eigenvalue weighted by Gasteiger charge is 2.35. The molecular formula is C13H23NO3. The Balaban J connectivity index is 2.33. The molecule has 1 heterocycles. The Bertz CT molecular complexity index is 276. The number of nitrogens with zero attached hydrogens (tertiary/aromatic N) is 1. The zero-order valence-electron chi connectivity index (χ0n) is 11.1. The number of carbonyl (C=O) groups is 2. The Labute approximate surface area is 103 Å². The first kappa shape index (κ1) is 14.0. The molecule has 0 bridgehead atoms. The molecule has 0 aromatic carbocycles. The average Bonchev–Trinajstić information content (AvgIpc) is 2.61. The van der Waals surface area contributed by atoms with Gasteiger partial charge >= 0.3 is 5.97 Å². The molecule has 1 fully saturated rings. The Morgan fingerprint density at radius 3 is 2.71 bits per heavy atom. The van der Waals surface area contributed by atoms with Crippen LogP contribution in [-0.2, 0) is 14.3 Å². The van der Waals surface area contributed by atoms with Gasteiger partial charge in [-0.3, -0.25) is 9.59 Å². The van der Waals surface area contributed by atoms with Crippen molar-refractivity contribution in [3.05, 3.63) is 0 Å². The van der Waals surface area contributed by atoms with E-state index in [2.05, 4.69) is 6.92 Å². The van der Waals surface area contributed by atoms with Crippen LogP contribution in [0.2, 0.25) is 0 Å². The molecule has 0 aromatic rings. The monoisotopic (exact) mass is 241 g/mol. The minimum Gasteiger partial charge on any atom is -0.452 e. The quantitative estimate of drug-likeness (QED) is 0.528. The van der Waals surface area contributed by atoms with E-state index in [1.807, 2.05) is 13.8 Å². The van der Waals surface area contributed by atoms with Crippen molar-refractivity contribution in [1.29, 1.82) is 0 Å².